The lowest BCUT2D eigenvalue weighted by Crippen LogP contribution is -1.99. The number of aliphatic carboxylic acids is 1. The molecule has 0 fully saturated rings. The molecule has 0 aromatic carbocycles. The first kappa shape index (κ1) is 11.0. The number of nitrogens with zero attached hydrogens (tertiary/aromatic N) is 1. The molecule has 4 nitrogen and oxygen atoms in total. The molecule has 0 bridgehead atoms. The van der Waals surface area contributed by atoms with Gasteiger partial charge in [-0.1, -0.05) is 25.4 Å². The van der Waals surface area contributed by atoms with E-state index in [-0.39, 0.29) is 12.3 Å². The van der Waals surface area contributed by atoms with Crippen molar-refractivity contribution in [1.82, 2.24) is 9.97 Å². The van der Waals surface area contributed by atoms with Crippen LogP contribution in [-0.4, -0.2) is 21.0 Å². The number of aromatic amines is 1. The molecule has 78 valence electrons. The van der Waals surface area contributed by atoms with Crippen molar-refractivity contribution in [3.63, 3.8) is 0 Å². The summed E-state index contributed by atoms with van der Waals surface area (Å²) < 4.78 is 0. The van der Waals surface area contributed by atoms with Crippen molar-refractivity contribution in [3.05, 3.63) is 16.7 Å². The third-order valence-electron chi connectivity index (χ3n) is 1.89. The summed E-state index contributed by atoms with van der Waals surface area (Å²) in [7, 11) is 0. The lowest BCUT2D eigenvalue weighted by molar-refractivity contribution is -0.137. The molecule has 0 atom stereocenters. The molecule has 0 amide bonds. The highest BCUT2D eigenvalue weighted by Gasteiger charge is 2.11. The number of H-pyrrole nitrogens is 1. The zero-order chi connectivity index (χ0) is 10.7. The molecular formula is C9H13ClN2O2. The van der Waals surface area contributed by atoms with E-state index in [0.29, 0.717) is 17.4 Å². The van der Waals surface area contributed by atoms with Crippen LogP contribution in [0, 0.1) is 0 Å². The van der Waals surface area contributed by atoms with Gasteiger partial charge in [0.05, 0.1) is 12.1 Å². The lowest BCUT2D eigenvalue weighted by atomic mass is 10.2. The summed E-state index contributed by atoms with van der Waals surface area (Å²) in [5.74, 6) is 0.0818. The van der Waals surface area contributed by atoms with Crippen molar-refractivity contribution in [2.75, 3.05) is 0 Å². The van der Waals surface area contributed by atoms with Crippen LogP contribution in [0.5, 0.6) is 0 Å². The number of rotatable bonds is 4. The van der Waals surface area contributed by atoms with Crippen LogP contribution in [-0.2, 0) is 11.2 Å². The normalized spacial score (nSPS) is 10.9. The first-order chi connectivity index (χ1) is 6.50. The van der Waals surface area contributed by atoms with Crippen LogP contribution in [0.1, 0.15) is 37.7 Å². The fourth-order valence-electron chi connectivity index (χ4n) is 1.14. The van der Waals surface area contributed by atoms with Crippen LogP contribution in [0.15, 0.2) is 0 Å². The van der Waals surface area contributed by atoms with Gasteiger partial charge in [0.15, 0.2) is 5.15 Å². The number of imidazole rings is 1. The summed E-state index contributed by atoms with van der Waals surface area (Å²) in [5, 5.41) is 8.93. The average molecular weight is 217 g/mol. The summed E-state index contributed by atoms with van der Waals surface area (Å²) in [5.41, 5.74) is 0.868. The van der Waals surface area contributed by atoms with Crippen molar-refractivity contribution in [2.45, 2.75) is 32.6 Å². The SMILES string of the molecule is CC(C)c1[nH]c(CCC(=O)O)nc1Cl. The second-order valence-corrected chi connectivity index (χ2v) is 3.79. The third kappa shape index (κ3) is 2.73. The molecule has 1 aromatic rings. The second-order valence-electron chi connectivity index (χ2n) is 3.44. The minimum atomic E-state index is -0.830. The van der Waals surface area contributed by atoms with Crippen LogP contribution < -0.4 is 0 Å². The highest BCUT2D eigenvalue weighted by atomic mass is 35.5. The molecule has 0 spiro atoms. The molecule has 14 heavy (non-hydrogen) atoms. The van der Waals surface area contributed by atoms with Crippen molar-refractivity contribution in [3.8, 4) is 0 Å². The maximum Gasteiger partial charge on any atom is 0.303 e. The molecule has 0 aliphatic carbocycles. The zero-order valence-electron chi connectivity index (χ0n) is 8.17. The molecule has 0 saturated heterocycles. The fourth-order valence-corrected chi connectivity index (χ4v) is 1.51. The third-order valence-corrected chi connectivity index (χ3v) is 2.18. The van der Waals surface area contributed by atoms with E-state index in [1.54, 1.807) is 0 Å². The molecule has 0 unspecified atom stereocenters. The number of hydrogen-bond donors (Lipinski definition) is 2. The molecule has 1 aromatic heterocycles. The van der Waals surface area contributed by atoms with Gasteiger partial charge in [-0.05, 0) is 5.92 Å². The number of carbonyl (C=O) groups is 1. The summed E-state index contributed by atoms with van der Waals surface area (Å²) in [4.78, 5) is 17.4. The zero-order valence-corrected chi connectivity index (χ0v) is 8.93. The van der Waals surface area contributed by atoms with E-state index in [1.165, 1.54) is 0 Å². The van der Waals surface area contributed by atoms with Crippen LogP contribution in [0.2, 0.25) is 5.15 Å². The Hall–Kier alpha value is -1.03. The van der Waals surface area contributed by atoms with Gasteiger partial charge in [0.25, 0.3) is 0 Å². The van der Waals surface area contributed by atoms with Gasteiger partial charge in [-0.15, -0.1) is 0 Å². The van der Waals surface area contributed by atoms with E-state index in [0.717, 1.165) is 5.69 Å². The standard InChI is InChI=1S/C9H13ClN2O2/c1-5(2)8-9(10)12-6(11-8)3-4-7(13)14/h5H,3-4H2,1-2H3,(H,11,12)(H,13,14). The molecular weight excluding hydrogens is 204 g/mol. The topological polar surface area (TPSA) is 66.0 Å². The Bertz CT molecular complexity index is 334. The smallest absolute Gasteiger partial charge is 0.303 e. The lowest BCUT2D eigenvalue weighted by Gasteiger charge is -1.99. The van der Waals surface area contributed by atoms with Crippen LogP contribution in [0.25, 0.3) is 0 Å². The number of halogens is 1. The Morgan fingerprint density at radius 2 is 2.29 bits per heavy atom. The monoisotopic (exact) mass is 216 g/mol. The van der Waals surface area contributed by atoms with E-state index >= 15 is 0 Å². The molecule has 5 heteroatoms. The summed E-state index contributed by atoms with van der Waals surface area (Å²) in [6, 6.07) is 0. The van der Waals surface area contributed by atoms with Crippen LogP contribution in [0.4, 0.5) is 0 Å². The molecule has 0 radical (unpaired) electrons. The maximum atomic E-state index is 10.3. The largest absolute Gasteiger partial charge is 0.481 e. The molecule has 1 heterocycles. The van der Waals surface area contributed by atoms with Crippen molar-refractivity contribution in [2.24, 2.45) is 0 Å². The number of nitrogens with one attached hydrogen (secondary N) is 1. The van der Waals surface area contributed by atoms with Gasteiger partial charge in [-0.3, -0.25) is 4.79 Å². The Labute approximate surface area is 87.3 Å². The highest BCUT2D eigenvalue weighted by Crippen LogP contribution is 2.21. The predicted octanol–water partition coefficient (Wildman–Crippen LogP) is 2.20. The van der Waals surface area contributed by atoms with E-state index < -0.39 is 5.97 Å². The number of carboxylic acid groups (broad SMARTS) is 1. The quantitative estimate of drug-likeness (QED) is 0.811. The van der Waals surface area contributed by atoms with Gasteiger partial charge in [0.2, 0.25) is 0 Å². The van der Waals surface area contributed by atoms with Crippen LogP contribution >= 0.6 is 11.6 Å². The molecule has 2 N–H and O–H groups in total. The number of carboxylic acids is 1. The second kappa shape index (κ2) is 4.46. The Kier molecular flexibility index (Phi) is 3.52. The summed E-state index contributed by atoms with van der Waals surface area (Å²) >= 11 is 5.87. The van der Waals surface area contributed by atoms with E-state index in [2.05, 4.69) is 9.97 Å². The predicted molar refractivity (Wildman–Crippen MR) is 53.6 cm³/mol. The van der Waals surface area contributed by atoms with Crippen LogP contribution in [0.3, 0.4) is 0 Å². The fraction of sp³-hybridized carbons (Fsp3) is 0.556. The van der Waals surface area contributed by atoms with Gasteiger partial charge >= 0.3 is 5.97 Å². The van der Waals surface area contributed by atoms with Crippen molar-refractivity contribution < 1.29 is 9.90 Å². The van der Waals surface area contributed by atoms with E-state index in [4.69, 9.17) is 16.7 Å². The van der Waals surface area contributed by atoms with E-state index in [1.807, 2.05) is 13.8 Å². The first-order valence-electron chi connectivity index (χ1n) is 4.46. The Morgan fingerprint density at radius 3 is 2.71 bits per heavy atom. The molecule has 0 aliphatic heterocycles. The van der Waals surface area contributed by atoms with Gasteiger partial charge in [-0.2, -0.15) is 0 Å². The summed E-state index contributed by atoms with van der Waals surface area (Å²) in [6.07, 6.45) is 0.461. The number of aryl methyl sites for hydroxylation is 1. The molecule has 0 aliphatic rings. The van der Waals surface area contributed by atoms with Gasteiger partial charge in [0.1, 0.15) is 5.82 Å². The number of hydrogen-bond acceptors (Lipinski definition) is 2. The minimum Gasteiger partial charge on any atom is -0.481 e. The summed E-state index contributed by atoms with van der Waals surface area (Å²) in [6.45, 7) is 4.00. The Balaban J connectivity index is 2.71. The number of aromatic nitrogens is 2. The Morgan fingerprint density at radius 1 is 1.64 bits per heavy atom. The molecule has 0 saturated carbocycles. The van der Waals surface area contributed by atoms with Crippen molar-refractivity contribution in [1.29, 1.82) is 0 Å². The molecule has 1 rings (SSSR count). The van der Waals surface area contributed by atoms with Gasteiger partial charge in [0, 0.05) is 6.42 Å². The van der Waals surface area contributed by atoms with Gasteiger partial charge in [-0.25, -0.2) is 4.98 Å². The highest BCUT2D eigenvalue weighted by molar-refractivity contribution is 6.30. The minimum absolute atomic E-state index is 0.0708. The van der Waals surface area contributed by atoms with E-state index in [9.17, 15) is 4.79 Å². The average Bonchev–Trinajstić information content (AvgIpc) is 2.43. The maximum absolute atomic E-state index is 10.3. The first-order valence-corrected chi connectivity index (χ1v) is 4.84. The van der Waals surface area contributed by atoms with Gasteiger partial charge < -0.3 is 10.1 Å². The van der Waals surface area contributed by atoms with Crippen molar-refractivity contribution >= 4 is 17.6 Å².